The normalized spacial score (nSPS) is 14.0. The zero-order valence-corrected chi connectivity index (χ0v) is 14.9. The first-order valence-electron chi connectivity index (χ1n) is 8.94. The molecule has 0 unspecified atom stereocenters. The summed E-state index contributed by atoms with van der Waals surface area (Å²) >= 11 is 0. The fourth-order valence-corrected chi connectivity index (χ4v) is 3.36. The first-order valence-corrected chi connectivity index (χ1v) is 8.94. The van der Waals surface area contributed by atoms with Crippen LogP contribution in [0.5, 0.6) is 0 Å². The second-order valence-electron chi connectivity index (χ2n) is 6.83. The lowest BCUT2D eigenvalue weighted by molar-refractivity contribution is 0.0787. The maximum Gasteiger partial charge on any atom is 0.272 e. The summed E-state index contributed by atoms with van der Waals surface area (Å²) < 4.78 is 26.8. The van der Waals surface area contributed by atoms with Gasteiger partial charge in [-0.15, -0.1) is 0 Å². The molecule has 1 aliphatic rings. The Morgan fingerprint density at radius 2 is 1.81 bits per heavy atom. The van der Waals surface area contributed by atoms with Crippen LogP contribution in [0.2, 0.25) is 0 Å². The van der Waals surface area contributed by atoms with Crippen LogP contribution in [0.3, 0.4) is 0 Å². The SMILES string of the molecule is Cc1ccc2nc(C(=O)N3CCCC3)cc(Nc3ccc(F)c(F)c3)c2c1. The summed E-state index contributed by atoms with van der Waals surface area (Å²) in [4.78, 5) is 19.1. The molecule has 2 heterocycles. The summed E-state index contributed by atoms with van der Waals surface area (Å²) in [6.07, 6.45) is 2.00. The number of aryl methyl sites for hydroxylation is 1. The van der Waals surface area contributed by atoms with Crippen molar-refractivity contribution in [3.05, 3.63) is 65.4 Å². The third-order valence-electron chi connectivity index (χ3n) is 4.78. The number of carbonyl (C=O) groups excluding carboxylic acids is 1. The van der Waals surface area contributed by atoms with Gasteiger partial charge < -0.3 is 10.2 Å². The summed E-state index contributed by atoms with van der Waals surface area (Å²) in [5.74, 6) is -1.94. The minimum Gasteiger partial charge on any atom is -0.355 e. The van der Waals surface area contributed by atoms with Gasteiger partial charge in [0.1, 0.15) is 5.69 Å². The molecule has 3 aromatic rings. The Hall–Kier alpha value is -3.02. The average Bonchev–Trinajstić information content (AvgIpc) is 3.19. The van der Waals surface area contributed by atoms with Crippen LogP contribution in [0.4, 0.5) is 20.2 Å². The van der Waals surface area contributed by atoms with Gasteiger partial charge in [-0.05, 0) is 50.1 Å². The third kappa shape index (κ3) is 3.47. The zero-order chi connectivity index (χ0) is 19.0. The lowest BCUT2D eigenvalue weighted by Gasteiger charge is -2.17. The van der Waals surface area contributed by atoms with E-state index in [2.05, 4.69) is 10.3 Å². The van der Waals surface area contributed by atoms with E-state index in [9.17, 15) is 13.6 Å². The number of hydrogen-bond donors (Lipinski definition) is 1. The zero-order valence-electron chi connectivity index (χ0n) is 14.9. The summed E-state index contributed by atoms with van der Waals surface area (Å²) in [5.41, 5.74) is 3.10. The molecule has 4 rings (SSSR count). The molecule has 2 aromatic carbocycles. The van der Waals surface area contributed by atoms with E-state index in [0.29, 0.717) is 22.6 Å². The van der Waals surface area contributed by atoms with Crippen molar-refractivity contribution in [1.82, 2.24) is 9.88 Å². The molecule has 1 aromatic heterocycles. The number of anilines is 2. The minimum absolute atomic E-state index is 0.108. The number of aromatic nitrogens is 1. The summed E-state index contributed by atoms with van der Waals surface area (Å²) in [5, 5.41) is 3.93. The van der Waals surface area contributed by atoms with E-state index in [1.54, 1.807) is 11.0 Å². The molecular formula is C21H19F2N3O. The largest absolute Gasteiger partial charge is 0.355 e. The van der Waals surface area contributed by atoms with Crippen molar-refractivity contribution >= 4 is 28.2 Å². The van der Waals surface area contributed by atoms with Gasteiger partial charge in [-0.2, -0.15) is 0 Å². The van der Waals surface area contributed by atoms with Crippen LogP contribution in [-0.2, 0) is 0 Å². The smallest absolute Gasteiger partial charge is 0.272 e. The second-order valence-corrected chi connectivity index (χ2v) is 6.83. The van der Waals surface area contributed by atoms with E-state index in [1.165, 1.54) is 6.07 Å². The molecule has 0 aliphatic carbocycles. The first-order chi connectivity index (χ1) is 13.0. The van der Waals surface area contributed by atoms with Gasteiger partial charge in [0.2, 0.25) is 0 Å². The van der Waals surface area contributed by atoms with Gasteiger partial charge in [0.25, 0.3) is 5.91 Å². The van der Waals surface area contributed by atoms with Gasteiger partial charge in [0.05, 0.1) is 11.2 Å². The molecule has 0 saturated carbocycles. The number of amides is 1. The Morgan fingerprint density at radius 1 is 1.04 bits per heavy atom. The molecule has 1 fully saturated rings. The summed E-state index contributed by atoms with van der Waals surface area (Å²) in [6, 6.07) is 11.1. The third-order valence-corrected chi connectivity index (χ3v) is 4.78. The van der Waals surface area contributed by atoms with Gasteiger partial charge in [-0.1, -0.05) is 11.6 Å². The van der Waals surface area contributed by atoms with Crippen molar-refractivity contribution < 1.29 is 13.6 Å². The number of likely N-dealkylation sites (tertiary alicyclic amines) is 1. The van der Waals surface area contributed by atoms with Crippen molar-refractivity contribution in [2.24, 2.45) is 0 Å². The Kier molecular flexibility index (Phi) is 4.48. The maximum atomic E-state index is 13.6. The van der Waals surface area contributed by atoms with Crippen molar-refractivity contribution in [2.75, 3.05) is 18.4 Å². The van der Waals surface area contributed by atoms with Gasteiger partial charge >= 0.3 is 0 Å². The number of nitrogens with zero attached hydrogens (tertiary/aromatic N) is 2. The van der Waals surface area contributed by atoms with E-state index in [1.807, 2.05) is 25.1 Å². The predicted molar refractivity (Wildman–Crippen MR) is 101 cm³/mol. The second kappa shape index (κ2) is 6.95. The highest BCUT2D eigenvalue weighted by Gasteiger charge is 2.22. The number of fused-ring (bicyclic) bond motifs is 1. The Balaban J connectivity index is 1.79. The molecular weight excluding hydrogens is 348 g/mol. The molecule has 1 saturated heterocycles. The number of pyridine rings is 1. The molecule has 1 amide bonds. The molecule has 138 valence electrons. The van der Waals surface area contributed by atoms with Crippen molar-refractivity contribution in [1.29, 1.82) is 0 Å². The molecule has 0 spiro atoms. The van der Waals surface area contributed by atoms with Crippen LogP contribution >= 0.6 is 0 Å². The van der Waals surface area contributed by atoms with Crippen LogP contribution in [0.1, 0.15) is 28.9 Å². The molecule has 27 heavy (non-hydrogen) atoms. The molecule has 0 bridgehead atoms. The van der Waals surface area contributed by atoms with E-state index in [4.69, 9.17) is 0 Å². The molecule has 0 atom stereocenters. The molecule has 4 nitrogen and oxygen atoms in total. The standard InChI is InChI=1S/C21H19F2N3O/c1-13-4-7-18-15(10-13)19(24-14-5-6-16(22)17(23)11-14)12-20(25-18)21(27)26-8-2-3-9-26/h4-7,10-12H,2-3,8-9H2,1H3,(H,24,25). The van der Waals surface area contributed by atoms with Gasteiger partial charge in [-0.3, -0.25) is 4.79 Å². The van der Waals surface area contributed by atoms with Crippen LogP contribution in [0, 0.1) is 18.6 Å². The van der Waals surface area contributed by atoms with Crippen molar-refractivity contribution in [2.45, 2.75) is 19.8 Å². The van der Waals surface area contributed by atoms with Crippen LogP contribution < -0.4 is 5.32 Å². The highest BCUT2D eigenvalue weighted by atomic mass is 19.2. The lowest BCUT2D eigenvalue weighted by Crippen LogP contribution is -2.28. The molecule has 6 heteroatoms. The van der Waals surface area contributed by atoms with E-state index >= 15 is 0 Å². The van der Waals surface area contributed by atoms with Crippen LogP contribution in [0.25, 0.3) is 10.9 Å². The van der Waals surface area contributed by atoms with E-state index in [0.717, 1.165) is 49.0 Å². The fourth-order valence-electron chi connectivity index (χ4n) is 3.36. The summed E-state index contributed by atoms with van der Waals surface area (Å²) in [7, 11) is 0. The quantitative estimate of drug-likeness (QED) is 0.723. The number of nitrogens with one attached hydrogen (secondary N) is 1. The predicted octanol–water partition coefficient (Wildman–Crippen LogP) is 4.80. The van der Waals surface area contributed by atoms with E-state index < -0.39 is 11.6 Å². The molecule has 1 aliphatic heterocycles. The summed E-state index contributed by atoms with van der Waals surface area (Å²) in [6.45, 7) is 3.43. The Bertz CT molecular complexity index is 1030. The number of rotatable bonds is 3. The van der Waals surface area contributed by atoms with Gasteiger partial charge in [-0.25, -0.2) is 13.8 Å². The van der Waals surface area contributed by atoms with Gasteiger partial charge in [0.15, 0.2) is 11.6 Å². The Morgan fingerprint density at radius 3 is 2.56 bits per heavy atom. The fraction of sp³-hybridized carbons (Fsp3) is 0.238. The van der Waals surface area contributed by atoms with Gasteiger partial charge in [0, 0.05) is 30.2 Å². The van der Waals surface area contributed by atoms with Crippen molar-refractivity contribution in [3.63, 3.8) is 0 Å². The highest BCUT2D eigenvalue weighted by molar-refractivity contribution is 6.00. The van der Waals surface area contributed by atoms with E-state index in [-0.39, 0.29) is 5.91 Å². The number of halogens is 2. The van der Waals surface area contributed by atoms with Crippen LogP contribution in [-0.4, -0.2) is 28.9 Å². The highest BCUT2D eigenvalue weighted by Crippen LogP contribution is 2.29. The topological polar surface area (TPSA) is 45.2 Å². The maximum absolute atomic E-state index is 13.6. The average molecular weight is 367 g/mol. The molecule has 0 radical (unpaired) electrons. The lowest BCUT2D eigenvalue weighted by atomic mass is 10.1. The minimum atomic E-state index is -0.928. The number of carbonyl (C=O) groups is 1. The molecule has 1 N–H and O–H groups in total. The number of benzene rings is 2. The monoisotopic (exact) mass is 367 g/mol. The van der Waals surface area contributed by atoms with Crippen LogP contribution in [0.15, 0.2) is 42.5 Å². The first kappa shape index (κ1) is 17.4. The number of hydrogen-bond acceptors (Lipinski definition) is 3. The Labute approximate surface area is 155 Å². The van der Waals surface area contributed by atoms with Crippen molar-refractivity contribution in [3.8, 4) is 0 Å².